The van der Waals surface area contributed by atoms with Crippen molar-refractivity contribution in [3.63, 3.8) is 0 Å². The Hall–Kier alpha value is -1.50. The van der Waals surface area contributed by atoms with E-state index in [1.807, 2.05) is 6.92 Å². The first kappa shape index (κ1) is 12.5. The van der Waals surface area contributed by atoms with E-state index in [0.29, 0.717) is 30.3 Å². The molecule has 3 heterocycles. The zero-order chi connectivity index (χ0) is 13.6. The molecule has 0 aromatic carbocycles. The first-order chi connectivity index (χ1) is 9.10. The monoisotopic (exact) mass is 281 g/mol. The van der Waals surface area contributed by atoms with E-state index >= 15 is 0 Å². The van der Waals surface area contributed by atoms with Crippen LogP contribution in [0.3, 0.4) is 0 Å². The quantitative estimate of drug-likeness (QED) is 0.769. The van der Waals surface area contributed by atoms with E-state index in [2.05, 4.69) is 10.2 Å². The van der Waals surface area contributed by atoms with Crippen LogP contribution in [0.15, 0.2) is 0 Å². The van der Waals surface area contributed by atoms with Crippen molar-refractivity contribution in [2.45, 2.75) is 31.7 Å². The van der Waals surface area contributed by atoms with E-state index in [9.17, 15) is 9.59 Å². The molecule has 0 atom stereocenters. The maximum absolute atomic E-state index is 12.5. The Bertz CT molecular complexity index is 536. The van der Waals surface area contributed by atoms with Crippen LogP contribution in [0.1, 0.15) is 34.6 Å². The lowest BCUT2D eigenvalue weighted by atomic mass is 9.73. The number of hydrogen-bond acceptors (Lipinski definition) is 6. The molecule has 3 aliphatic rings. The lowest BCUT2D eigenvalue weighted by Crippen LogP contribution is -2.55. The van der Waals surface area contributed by atoms with Crippen LogP contribution in [0.2, 0.25) is 0 Å². The van der Waals surface area contributed by atoms with Crippen molar-refractivity contribution in [2.75, 3.05) is 13.7 Å². The summed E-state index contributed by atoms with van der Waals surface area (Å²) in [7, 11) is 1.37. The molecule has 1 aliphatic carbocycles. The Labute approximate surface area is 114 Å². The molecule has 1 aromatic heterocycles. The molecule has 0 radical (unpaired) electrons. The van der Waals surface area contributed by atoms with Crippen molar-refractivity contribution >= 4 is 23.2 Å². The van der Waals surface area contributed by atoms with E-state index in [-0.39, 0.29) is 11.9 Å². The lowest BCUT2D eigenvalue weighted by Gasteiger charge is -2.38. The topological polar surface area (TPSA) is 72.4 Å². The average molecular weight is 281 g/mol. The number of esters is 1. The minimum absolute atomic E-state index is 0.192. The van der Waals surface area contributed by atoms with Gasteiger partial charge in [0.1, 0.15) is 10.5 Å². The van der Waals surface area contributed by atoms with Gasteiger partial charge >= 0.3 is 5.97 Å². The van der Waals surface area contributed by atoms with Crippen LogP contribution in [0, 0.1) is 5.92 Å². The largest absolute Gasteiger partial charge is 0.467 e. The number of carbonyl (C=O) groups excluding carboxylic acids is 2. The second-order valence-corrected chi connectivity index (χ2v) is 6.13. The smallest absolute Gasteiger partial charge is 0.331 e. The summed E-state index contributed by atoms with van der Waals surface area (Å²) in [5, 5.41) is 9.09. The van der Waals surface area contributed by atoms with Gasteiger partial charge in [-0.25, -0.2) is 4.79 Å². The van der Waals surface area contributed by atoms with Crippen LogP contribution in [0.25, 0.3) is 0 Å². The highest BCUT2D eigenvalue weighted by Crippen LogP contribution is 2.51. The number of aryl methyl sites for hydroxylation is 1. The predicted molar refractivity (Wildman–Crippen MR) is 67.8 cm³/mol. The summed E-state index contributed by atoms with van der Waals surface area (Å²) in [4.78, 5) is 26.0. The van der Waals surface area contributed by atoms with Gasteiger partial charge in [-0.05, 0) is 25.2 Å². The van der Waals surface area contributed by atoms with E-state index < -0.39 is 5.54 Å². The fourth-order valence-corrected chi connectivity index (χ4v) is 3.75. The van der Waals surface area contributed by atoms with Crippen molar-refractivity contribution < 1.29 is 14.3 Å². The van der Waals surface area contributed by atoms with Gasteiger partial charge in [-0.15, -0.1) is 10.2 Å². The average Bonchev–Trinajstić information content (AvgIpc) is 3.07. The highest BCUT2D eigenvalue weighted by Gasteiger charge is 2.63. The van der Waals surface area contributed by atoms with Crippen molar-refractivity contribution in [1.82, 2.24) is 15.1 Å². The molecular formula is C12H15N3O3S. The van der Waals surface area contributed by atoms with E-state index in [0.717, 1.165) is 11.4 Å². The summed E-state index contributed by atoms with van der Waals surface area (Å²) in [5.41, 5.74) is -0.742. The Morgan fingerprint density at radius 3 is 2.79 bits per heavy atom. The first-order valence-corrected chi connectivity index (χ1v) is 7.15. The zero-order valence-electron chi connectivity index (χ0n) is 10.9. The third-order valence-electron chi connectivity index (χ3n) is 3.97. The standard InChI is InChI=1S/C12H15N3O3S/c1-3-8-13-14-9(19-8)10(16)15-6-7-4-12(15,5-7)11(17)18-2/h7H,3-6H2,1-2H3. The highest BCUT2D eigenvalue weighted by atomic mass is 32.1. The van der Waals surface area contributed by atoms with Gasteiger partial charge in [0.15, 0.2) is 0 Å². The second-order valence-electron chi connectivity index (χ2n) is 5.07. The number of carbonyl (C=O) groups is 2. The Balaban J connectivity index is 1.86. The minimum atomic E-state index is -0.742. The predicted octanol–water partition coefficient (Wildman–Crippen LogP) is 0.878. The summed E-state index contributed by atoms with van der Waals surface area (Å²) in [6, 6.07) is 0. The normalized spacial score (nSPS) is 28.1. The number of ether oxygens (including phenoxy) is 1. The summed E-state index contributed by atoms with van der Waals surface area (Å²) in [6.45, 7) is 2.59. The number of fused-ring (bicyclic) bond motifs is 1. The van der Waals surface area contributed by atoms with Gasteiger partial charge in [0.2, 0.25) is 5.01 Å². The van der Waals surface area contributed by atoms with Crippen LogP contribution in [-0.2, 0) is 16.0 Å². The molecule has 3 fully saturated rings. The van der Waals surface area contributed by atoms with Crippen molar-refractivity contribution in [3.8, 4) is 0 Å². The van der Waals surface area contributed by atoms with Crippen LogP contribution in [0.4, 0.5) is 0 Å². The number of methoxy groups -OCH3 is 1. The van der Waals surface area contributed by atoms with E-state index in [1.54, 1.807) is 4.90 Å². The number of aromatic nitrogens is 2. The number of nitrogens with zero attached hydrogens (tertiary/aromatic N) is 3. The molecule has 0 N–H and O–H groups in total. The molecule has 19 heavy (non-hydrogen) atoms. The highest BCUT2D eigenvalue weighted by molar-refractivity contribution is 7.13. The van der Waals surface area contributed by atoms with Crippen molar-refractivity contribution in [2.24, 2.45) is 5.92 Å². The Kier molecular flexibility index (Phi) is 2.81. The maximum Gasteiger partial charge on any atom is 0.331 e. The molecule has 7 heteroatoms. The molecule has 0 unspecified atom stereocenters. The number of rotatable bonds is 3. The molecule has 2 aliphatic heterocycles. The molecule has 1 amide bonds. The fraction of sp³-hybridized carbons (Fsp3) is 0.667. The van der Waals surface area contributed by atoms with Gasteiger partial charge in [-0.2, -0.15) is 0 Å². The van der Waals surface area contributed by atoms with Crippen LogP contribution < -0.4 is 0 Å². The van der Waals surface area contributed by atoms with Gasteiger partial charge in [0.25, 0.3) is 5.91 Å². The van der Waals surface area contributed by atoms with Gasteiger partial charge in [0, 0.05) is 6.54 Å². The van der Waals surface area contributed by atoms with Crippen molar-refractivity contribution in [1.29, 1.82) is 0 Å². The lowest BCUT2D eigenvalue weighted by molar-refractivity contribution is -0.155. The van der Waals surface area contributed by atoms with Gasteiger partial charge in [-0.1, -0.05) is 18.3 Å². The summed E-state index contributed by atoms with van der Waals surface area (Å²) >= 11 is 1.30. The van der Waals surface area contributed by atoms with Crippen LogP contribution in [0.5, 0.6) is 0 Å². The zero-order valence-corrected chi connectivity index (χ0v) is 11.7. The molecular weight excluding hydrogens is 266 g/mol. The molecule has 102 valence electrons. The summed E-state index contributed by atoms with van der Waals surface area (Å²) in [5.74, 6) is -0.0842. The van der Waals surface area contributed by atoms with E-state index in [1.165, 1.54) is 18.4 Å². The minimum Gasteiger partial charge on any atom is -0.467 e. The maximum atomic E-state index is 12.5. The molecule has 4 rings (SSSR count). The van der Waals surface area contributed by atoms with Gasteiger partial charge in [0.05, 0.1) is 7.11 Å². The first-order valence-electron chi connectivity index (χ1n) is 6.33. The molecule has 2 saturated heterocycles. The van der Waals surface area contributed by atoms with E-state index in [4.69, 9.17) is 4.74 Å². The SMILES string of the molecule is CCc1nnc(C(=O)N2CC3CC2(C(=O)OC)C3)s1. The second kappa shape index (κ2) is 4.26. The fourth-order valence-electron chi connectivity index (χ4n) is 3.02. The summed E-state index contributed by atoms with van der Waals surface area (Å²) in [6.07, 6.45) is 2.19. The number of hydrogen-bond donors (Lipinski definition) is 0. The van der Waals surface area contributed by atoms with Crippen molar-refractivity contribution in [3.05, 3.63) is 10.0 Å². The molecule has 2 bridgehead atoms. The van der Waals surface area contributed by atoms with Crippen LogP contribution >= 0.6 is 11.3 Å². The molecule has 6 nitrogen and oxygen atoms in total. The third kappa shape index (κ3) is 1.68. The third-order valence-corrected chi connectivity index (χ3v) is 5.03. The Morgan fingerprint density at radius 2 is 2.21 bits per heavy atom. The van der Waals surface area contributed by atoms with Gasteiger partial charge in [-0.3, -0.25) is 4.79 Å². The van der Waals surface area contributed by atoms with Crippen LogP contribution in [-0.4, -0.2) is 46.2 Å². The van der Waals surface area contributed by atoms with Gasteiger partial charge < -0.3 is 9.64 Å². The Morgan fingerprint density at radius 1 is 1.47 bits per heavy atom. The molecule has 1 saturated carbocycles. The molecule has 1 aromatic rings. The molecule has 0 spiro atoms. The number of amides is 1. The summed E-state index contributed by atoms with van der Waals surface area (Å²) < 4.78 is 4.85.